The molecule has 0 aliphatic carbocycles. The summed E-state index contributed by atoms with van der Waals surface area (Å²) in [6.07, 6.45) is 2.06. The lowest BCUT2D eigenvalue weighted by atomic mass is 10.2. The van der Waals surface area contributed by atoms with Crippen molar-refractivity contribution in [3.63, 3.8) is 0 Å². The molecule has 0 saturated heterocycles. The molecule has 0 aliphatic heterocycles. The maximum Gasteiger partial charge on any atom is 0.309 e. The molecule has 2 atom stereocenters. The van der Waals surface area contributed by atoms with Crippen molar-refractivity contribution in [2.75, 3.05) is 18.6 Å². The predicted octanol–water partition coefficient (Wildman–Crippen LogP) is 1.83. The summed E-state index contributed by atoms with van der Waals surface area (Å²) in [6.45, 7) is 5.90. The SMILES string of the molecule is CCCC(C)NC(=O)CSCC(C)C(=O)OC. The Bertz CT molecular complexity index is 246. The van der Waals surface area contributed by atoms with Crippen LogP contribution in [0.1, 0.15) is 33.6 Å². The van der Waals surface area contributed by atoms with E-state index in [9.17, 15) is 9.59 Å². The molecule has 0 aromatic heterocycles. The molecule has 0 aromatic carbocycles. The van der Waals surface area contributed by atoms with Crippen LogP contribution in [0.3, 0.4) is 0 Å². The molecule has 0 fully saturated rings. The first-order chi connectivity index (χ1) is 8.01. The van der Waals surface area contributed by atoms with E-state index in [0.29, 0.717) is 11.5 Å². The van der Waals surface area contributed by atoms with Crippen molar-refractivity contribution >= 4 is 23.6 Å². The van der Waals surface area contributed by atoms with Crippen molar-refractivity contribution in [1.82, 2.24) is 5.32 Å². The fourth-order valence-electron chi connectivity index (χ4n) is 1.42. The molecule has 0 radical (unpaired) electrons. The van der Waals surface area contributed by atoms with Gasteiger partial charge >= 0.3 is 5.97 Å². The highest BCUT2D eigenvalue weighted by Crippen LogP contribution is 2.09. The molecule has 0 saturated carbocycles. The summed E-state index contributed by atoms with van der Waals surface area (Å²) in [5, 5.41) is 2.92. The Morgan fingerprint density at radius 1 is 1.35 bits per heavy atom. The summed E-state index contributed by atoms with van der Waals surface area (Å²) >= 11 is 1.46. The average Bonchev–Trinajstić information content (AvgIpc) is 2.27. The van der Waals surface area contributed by atoms with E-state index in [1.165, 1.54) is 18.9 Å². The van der Waals surface area contributed by atoms with Crippen LogP contribution in [0.2, 0.25) is 0 Å². The van der Waals surface area contributed by atoms with E-state index in [1.807, 2.05) is 6.92 Å². The van der Waals surface area contributed by atoms with Gasteiger partial charge in [0.2, 0.25) is 5.91 Å². The third-order valence-electron chi connectivity index (χ3n) is 2.33. The number of rotatable bonds is 8. The van der Waals surface area contributed by atoms with Gasteiger partial charge in [0, 0.05) is 11.8 Å². The van der Waals surface area contributed by atoms with Crippen LogP contribution in [0, 0.1) is 5.92 Å². The fourth-order valence-corrected chi connectivity index (χ4v) is 2.30. The van der Waals surface area contributed by atoms with E-state index in [0.717, 1.165) is 12.8 Å². The number of carbonyl (C=O) groups excluding carboxylic acids is 2. The minimum atomic E-state index is -0.225. The van der Waals surface area contributed by atoms with Gasteiger partial charge in [0.1, 0.15) is 0 Å². The molecule has 0 heterocycles. The van der Waals surface area contributed by atoms with Crippen molar-refractivity contribution in [3.8, 4) is 0 Å². The summed E-state index contributed by atoms with van der Waals surface area (Å²) in [4.78, 5) is 22.6. The molecule has 0 aromatic rings. The summed E-state index contributed by atoms with van der Waals surface area (Å²) in [6, 6.07) is 0.228. The van der Waals surface area contributed by atoms with Crippen LogP contribution in [-0.4, -0.2) is 36.5 Å². The van der Waals surface area contributed by atoms with Crippen molar-refractivity contribution < 1.29 is 14.3 Å². The maximum absolute atomic E-state index is 11.5. The van der Waals surface area contributed by atoms with Crippen LogP contribution in [0.15, 0.2) is 0 Å². The molecule has 5 heteroatoms. The van der Waals surface area contributed by atoms with Gasteiger partial charge in [-0.15, -0.1) is 0 Å². The average molecular weight is 261 g/mol. The summed E-state index contributed by atoms with van der Waals surface area (Å²) in [5.41, 5.74) is 0. The highest BCUT2D eigenvalue weighted by atomic mass is 32.2. The highest BCUT2D eigenvalue weighted by molar-refractivity contribution is 7.99. The molecule has 1 N–H and O–H groups in total. The van der Waals surface area contributed by atoms with Crippen LogP contribution in [0.5, 0.6) is 0 Å². The zero-order valence-corrected chi connectivity index (χ0v) is 11.9. The zero-order valence-electron chi connectivity index (χ0n) is 11.1. The first-order valence-electron chi connectivity index (χ1n) is 5.96. The minimum Gasteiger partial charge on any atom is -0.469 e. The molecule has 0 aliphatic rings. The lowest BCUT2D eigenvalue weighted by Crippen LogP contribution is -2.33. The molecule has 17 heavy (non-hydrogen) atoms. The van der Waals surface area contributed by atoms with E-state index in [-0.39, 0.29) is 23.8 Å². The van der Waals surface area contributed by atoms with Gasteiger partial charge in [-0.25, -0.2) is 0 Å². The van der Waals surface area contributed by atoms with Gasteiger partial charge in [0.05, 0.1) is 18.8 Å². The number of hydrogen-bond acceptors (Lipinski definition) is 4. The van der Waals surface area contributed by atoms with E-state index in [4.69, 9.17) is 0 Å². The van der Waals surface area contributed by atoms with Gasteiger partial charge in [-0.3, -0.25) is 9.59 Å². The third kappa shape index (κ3) is 8.07. The normalized spacial score (nSPS) is 13.9. The predicted molar refractivity (Wildman–Crippen MR) is 71.0 cm³/mol. The Morgan fingerprint density at radius 3 is 2.53 bits per heavy atom. The first kappa shape index (κ1) is 16.3. The lowest BCUT2D eigenvalue weighted by Gasteiger charge is -2.13. The largest absolute Gasteiger partial charge is 0.469 e. The van der Waals surface area contributed by atoms with E-state index < -0.39 is 0 Å². The van der Waals surface area contributed by atoms with Crippen molar-refractivity contribution in [2.45, 2.75) is 39.7 Å². The second-order valence-electron chi connectivity index (χ2n) is 4.20. The lowest BCUT2D eigenvalue weighted by molar-refractivity contribution is -0.144. The van der Waals surface area contributed by atoms with Gasteiger partial charge in [-0.2, -0.15) is 11.8 Å². The molecular weight excluding hydrogens is 238 g/mol. The van der Waals surface area contributed by atoms with Gasteiger partial charge in [-0.1, -0.05) is 20.3 Å². The van der Waals surface area contributed by atoms with Gasteiger partial charge in [-0.05, 0) is 13.3 Å². The van der Waals surface area contributed by atoms with Crippen LogP contribution in [0.4, 0.5) is 0 Å². The van der Waals surface area contributed by atoms with Gasteiger partial charge in [0.15, 0.2) is 0 Å². The van der Waals surface area contributed by atoms with Gasteiger partial charge in [0.25, 0.3) is 0 Å². The first-order valence-corrected chi connectivity index (χ1v) is 7.11. The van der Waals surface area contributed by atoms with E-state index >= 15 is 0 Å². The van der Waals surface area contributed by atoms with Crippen LogP contribution < -0.4 is 5.32 Å². The summed E-state index contributed by atoms with van der Waals surface area (Å²) < 4.78 is 4.61. The van der Waals surface area contributed by atoms with Gasteiger partial charge < -0.3 is 10.1 Å². The van der Waals surface area contributed by atoms with Crippen LogP contribution in [0.25, 0.3) is 0 Å². The van der Waals surface area contributed by atoms with Crippen LogP contribution in [-0.2, 0) is 14.3 Å². The second-order valence-corrected chi connectivity index (χ2v) is 5.23. The van der Waals surface area contributed by atoms with Crippen LogP contribution >= 0.6 is 11.8 Å². The Morgan fingerprint density at radius 2 is 2.00 bits per heavy atom. The zero-order chi connectivity index (χ0) is 13.3. The number of esters is 1. The number of thioether (sulfide) groups is 1. The number of methoxy groups -OCH3 is 1. The molecule has 2 unspecified atom stereocenters. The molecule has 1 amide bonds. The topological polar surface area (TPSA) is 55.4 Å². The number of amides is 1. The highest BCUT2D eigenvalue weighted by Gasteiger charge is 2.14. The Balaban J connectivity index is 3.67. The number of nitrogens with one attached hydrogen (secondary N) is 1. The van der Waals surface area contributed by atoms with E-state index in [1.54, 1.807) is 6.92 Å². The standard InChI is InChI=1S/C12H23NO3S/c1-5-6-10(3)13-11(14)8-17-7-9(2)12(15)16-4/h9-10H,5-8H2,1-4H3,(H,13,14). The monoisotopic (exact) mass is 261 g/mol. The van der Waals surface area contributed by atoms with Crippen molar-refractivity contribution in [2.24, 2.45) is 5.92 Å². The second kappa shape index (κ2) is 9.33. The molecule has 0 spiro atoms. The van der Waals surface area contributed by atoms with Crippen molar-refractivity contribution in [3.05, 3.63) is 0 Å². The minimum absolute atomic E-state index is 0.0352. The maximum atomic E-state index is 11.5. The number of carbonyl (C=O) groups is 2. The molecular formula is C12H23NO3S. The Labute approximate surface area is 108 Å². The summed E-state index contributed by atoms with van der Waals surface area (Å²) in [7, 11) is 1.38. The summed E-state index contributed by atoms with van der Waals surface area (Å²) in [5.74, 6) is 0.661. The molecule has 4 nitrogen and oxygen atoms in total. The molecule has 0 rings (SSSR count). The van der Waals surface area contributed by atoms with Crippen molar-refractivity contribution in [1.29, 1.82) is 0 Å². The number of hydrogen-bond donors (Lipinski definition) is 1. The number of ether oxygens (including phenoxy) is 1. The Kier molecular flexibility index (Phi) is 8.94. The quantitative estimate of drug-likeness (QED) is 0.677. The smallest absolute Gasteiger partial charge is 0.309 e. The molecule has 100 valence electrons. The fraction of sp³-hybridized carbons (Fsp3) is 0.833. The Hall–Kier alpha value is -0.710. The van der Waals surface area contributed by atoms with E-state index in [2.05, 4.69) is 17.0 Å². The third-order valence-corrected chi connectivity index (χ3v) is 3.54. The molecule has 0 bridgehead atoms.